The quantitative estimate of drug-likeness (QED) is 0.653. The van der Waals surface area contributed by atoms with Crippen molar-refractivity contribution >= 4 is 46.5 Å². The molecule has 10 heteroatoms. The predicted octanol–water partition coefficient (Wildman–Crippen LogP) is 2.70. The molecule has 3 N–H and O–H groups in total. The number of amides is 1. The first-order valence-electron chi connectivity index (χ1n) is 8.20. The van der Waals surface area contributed by atoms with Crippen LogP contribution in [0.5, 0.6) is 11.5 Å². The van der Waals surface area contributed by atoms with Gasteiger partial charge in [-0.2, -0.15) is 0 Å². The lowest BCUT2D eigenvalue weighted by molar-refractivity contribution is -0.115. The van der Waals surface area contributed by atoms with Crippen LogP contribution in [0.1, 0.15) is 26.3 Å². The van der Waals surface area contributed by atoms with E-state index in [-0.39, 0.29) is 34.7 Å². The molecule has 0 aromatic heterocycles. The molecule has 0 spiro atoms. The van der Waals surface area contributed by atoms with Crippen molar-refractivity contribution in [3.8, 4) is 11.5 Å². The Kier molecular flexibility index (Phi) is 4.69. The average molecular weight is 412 g/mol. The van der Waals surface area contributed by atoms with Crippen LogP contribution < -0.4 is 14.8 Å². The van der Waals surface area contributed by atoms with Crippen molar-refractivity contribution in [3.63, 3.8) is 0 Å². The normalized spacial score (nSPS) is 17.6. The molecule has 1 fully saturated rings. The molecule has 9 nitrogen and oxygen atoms in total. The molecule has 0 unspecified atom stereocenters. The fraction of sp³-hybridized carbons (Fsp3) is 0.0526. The maximum Gasteiger partial charge on any atom is 0.335 e. The molecule has 2 aliphatic rings. The Morgan fingerprint density at radius 3 is 2.41 bits per heavy atom. The number of hydrogen-bond donors (Lipinski definition) is 3. The van der Waals surface area contributed by atoms with E-state index in [1.54, 1.807) is 24.3 Å². The van der Waals surface area contributed by atoms with E-state index in [9.17, 15) is 14.4 Å². The van der Waals surface area contributed by atoms with Gasteiger partial charge in [0.2, 0.25) is 6.79 Å². The Labute approximate surface area is 167 Å². The summed E-state index contributed by atoms with van der Waals surface area (Å²) < 4.78 is 10.6. The SMILES string of the molecule is O=C1NC(=Nc2cc(C(=O)O)cc(C(=O)O)c2)S/C1=C\c1ccc2c(c1)OCO2. The molecule has 29 heavy (non-hydrogen) atoms. The lowest BCUT2D eigenvalue weighted by atomic mass is 10.1. The summed E-state index contributed by atoms with van der Waals surface area (Å²) in [6, 6.07) is 8.76. The first kappa shape index (κ1) is 18.6. The number of thioether (sulfide) groups is 1. The van der Waals surface area contributed by atoms with Crippen molar-refractivity contribution in [3.05, 3.63) is 58.0 Å². The molecule has 1 amide bonds. The third kappa shape index (κ3) is 3.92. The smallest absolute Gasteiger partial charge is 0.335 e. The summed E-state index contributed by atoms with van der Waals surface area (Å²) in [4.78, 5) is 39.2. The van der Waals surface area contributed by atoms with Crippen molar-refractivity contribution in [2.45, 2.75) is 0 Å². The van der Waals surface area contributed by atoms with Crippen molar-refractivity contribution in [1.29, 1.82) is 0 Å². The van der Waals surface area contributed by atoms with Gasteiger partial charge in [0.15, 0.2) is 16.7 Å². The zero-order valence-corrected chi connectivity index (χ0v) is 15.4. The molecule has 1 saturated heterocycles. The van der Waals surface area contributed by atoms with Gasteiger partial charge in [-0.1, -0.05) is 6.07 Å². The standard InChI is InChI=1S/C19H12N2O7S/c22-16-15(4-9-1-2-13-14(3-9)28-8-27-13)29-19(21-16)20-12-6-10(17(23)24)5-11(7-12)18(25)26/h1-7H,8H2,(H,23,24)(H,25,26)(H,20,21,22)/b15-4-. The van der Waals surface area contributed by atoms with E-state index in [0.29, 0.717) is 16.4 Å². The highest BCUT2D eigenvalue weighted by atomic mass is 32.2. The van der Waals surface area contributed by atoms with E-state index < -0.39 is 11.9 Å². The molecular formula is C19H12N2O7S. The Morgan fingerprint density at radius 1 is 1.03 bits per heavy atom. The number of rotatable bonds is 4. The van der Waals surface area contributed by atoms with E-state index in [1.807, 2.05) is 0 Å². The molecule has 0 atom stereocenters. The molecule has 2 aromatic rings. The van der Waals surface area contributed by atoms with Crippen LogP contribution in [0.3, 0.4) is 0 Å². The maximum atomic E-state index is 12.2. The lowest BCUT2D eigenvalue weighted by Crippen LogP contribution is -2.19. The predicted molar refractivity (Wildman–Crippen MR) is 104 cm³/mol. The molecule has 0 radical (unpaired) electrons. The van der Waals surface area contributed by atoms with Gasteiger partial charge in [0.05, 0.1) is 21.7 Å². The van der Waals surface area contributed by atoms with Crippen LogP contribution in [0.15, 0.2) is 46.3 Å². The molecule has 0 bridgehead atoms. The first-order valence-corrected chi connectivity index (χ1v) is 9.01. The number of carboxylic acids is 2. The van der Waals surface area contributed by atoms with Crippen LogP contribution >= 0.6 is 11.8 Å². The molecule has 2 aliphatic heterocycles. The molecule has 0 aliphatic carbocycles. The van der Waals surface area contributed by atoms with Crippen molar-refractivity contribution in [1.82, 2.24) is 5.32 Å². The second-order valence-corrected chi connectivity index (χ2v) is 7.00. The zero-order chi connectivity index (χ0) is 20.5. The number of carbonyl (C=O) groups is 3. The second kappa shape index (κ2) is 7.32. The number of aliphatic imine (C=N–C) groups is 1. The Balaban J connectivity index is 1.61. The minimum absolute atomic E-state index is 0.106. The van der Waals surface area contributed by atoms with Crippen molar-refractivity contribution in [2.24, 2.45) is 4.99 Å². The highest BCUT2D eigenvalue weighted by Crippen LogP contribution is 2.35. The second-order valence-electron chi connectivity index (χ2n) is 5.97. The number of aromatic carboxylic acids is 2. The summed E-state index contributed by atoms with van der Waals surface area (Å²) in [7, 11) is 0. The van der Waals surface area contributed by atoms with Gasteiger partial charge in [-0.25, -0.2) is 14.6 Å². The zero-order valence-electron chi connectivity index (χ0n) is 14.5. The molecule has 4 rings (SSSR count). The van der Waals surface area contributed by atoms with Gasteiger partial charge in [0, 0.05) is 0 Å². The summed E-state index contributed by atoms with van der Waals surface area (Å²) in [6.07, 6.45) is 1.65. The van der Waals surface area contributed by atoms with E-state index in [4.69, 9.17) is 19.7 Å². The highest BCUT2D eigenvalue weighted by molar-refractivity contribution is 8.18. The molecule has 0 saturated carbocycles. The number of amidine groups is 1. The number of hydrogen-bond acceptors (Lipinski definition) is 7. The summed E-state index contributed by atoms with van der Waals surface area (Å²) in [6.45, 7) is 0.148. The number of carbonyl (C=O) groups excluding carboxylic acids is 1. The third-order valence-corrected chi connectivity index (χ3v) is 4.90. The lowest BCUT2D eigenvalue weighted by Gasteiger charge is -2.02. The Morgan fingerprint density at radius 2 is 1.72 bits per heavy atom. The maximum absolute atomic E-state index is 12.2. The number of fused-ring (bicyclic) bond motifs is 1. The van der Waals surface area contributed by atoms with E-state index in [2.05, 4.69) is 10.3 Å². The van der Waals surface area contributed by atoms with Crippen LogP contribution in [-0.2, 0) is 4.79 Å². The van der Waals surface area contributed by atoms with Gasteiger partial charge < -0.3 is 25.0 Å². The number of carboxylic acid groups (broad SMARTS) is 2. The average Bonchev–Trinajstić information content (AvgIpc) is 3.27. The molecular weight excluding hydrogens is 400 g/mol. The summed E-state index contributed by atoms with van der Waals surface area (Å²) in [5, 5.41) is 21.1. The number of nitrogens with zero attached hydrogens (tertiary/aromatic N) is 1. The fourth-order valence-corrected chi connectivity index (χ4v) is 3.52. The van der Waals surface area contributed by atoms with E-state index in [1.165, 1.54) is 12.1 Å². The van der Waals surface area contributed by atoms with Gasteiger partial charge >= 0.3 is 11.9 Å². The molecule has 2 aromatic carbocycles. The van der Waals surface area contributed by atoms with E-state index in [0.717, 1.165) is 23.4 Å². The van der Waals surface area contributed by atoms with Gasteiger partial charge in [-0.05, 0) is 53.7 Å². The number of benzene rings is 2. The molecule has 2 heterocycles. The fourth-order valence-electron chi connectivity index (χ4n) is 2.67. The van der Waals surface area contributed by atoms with Gasteiger partial charge in [0.1, 0.15) is 0 Å². The van der Waals surface area contributed by atoms with Gasteiger partial charge in [-0.15, -0.1) is 0 Å². The van der Waals surface area contributed by atoms with Crippen LogP contribution in [0.2, 0.25) is 0 Å². The Hall–Kier alpha value is -3.79. The van der Waals surface area contributed by atoms with Gasteiger partial charge in [-0.3, -0.25) is 4.79 Å². The van der Waals surface area contributed by atoms with Crippen LogP contribution in [0.25, 0.3) is 6.08 Å². The van der Waals surface area contributed by atoms with E-state index >= 15 is 0 Å². The number of nitrogens with one attached hydrogen (secondary N) is 1. The number of ether oxygens (including phenoxy) is 2. The van der Waals surface area contributed by atoms with Crippen LogP contribution in [0.4, 0.5) is 5.69 Å². The first-order chi connectivity index (χ1) is 13.9. The third-order valence-electron chi connectivity index (χ3n) is 3.99. The molecule has 146 valence electrons. The Bertz CT molecular complexity index is 1090. The van der Waals surface area contributed by atoms with Crippen LogP contribution in [-0.4, -0.2) is 40.0 Å². The monoisotopic (exact) mass is 412 g/mol. The summed E-state index contributed by atoms with van der Waals surface area (Å²) in [5.41, 5.74) is 0.410. The van der Waals surface area contributed by atoms with Crippen LogP contribution in [0, 0.1) is 0 Å². The summed E-state index contributed by atoms with van der Waals surface area (Å²) >= 11 is 1.05. The van der Waals surface area contributed by atoms with Crippen molar-refractivity contribution < 1.29 is 34.1 Å². The van der Waals surface area contributed by atoms with Crippen molar-refractivity contribution in [2.75, 3.05) is 6.79 Å². The highest BCUT2D eigenvalue weighted by Gasteiger charge is 2.24. The summed E-state index contributed by atoms with van der Waals surface area (Å²) in [5.74, 6) is -1.71. The minimum Gasteiger partial charge on any atom is -0.478 e. The minimum atomic E-state index is -1.28. The van der Waals surface area contributed by atoms with Gasteiger partial charge in [0.25, 0.3) is 5.91 Å². The topological polar surface area (TPSA) is 135 Å². The largest absolute Gasteiger partial charge is 0.478 e.